The van der Waals surface area contributed by atoms with Crippen LogP contribution in [0.1, 0.15) is 11.9 Å². The van der Waals surface area contributed by atoms with Gasteiger partial charge in [-0.3, -0.25) is 9.36 Å². The van der Waals surface area contributed by atoms with E-state index >= 15 is 0 Å². The van der Waals surface area contributed by atoms with Gasteiger partial charge in [0.1, 0.15) is 24.6 Å². The minimum Gasteiger partial charge on any atom is -0.394 e. The lowest BCUT2D eigenvalue weighted by atomic mass is 10.1. The fourth-order valence-corrected chi connectivity index (χ4v) is 3.07. The van der Waals surface area contributed by atoms with Crippen LogP contribution in [0.15, 0.2) is 23.5 Å². The molecule has 4 heterocycles. The van der Waals surface area contributed by atoms with Crippen LogP contribution in [0.25, 0.3) is 16.8 Å². The Morgan fingerprint density at radius 2 is 2.00 bits per heavy atom. The van der Waals surface area contributed by atoms with Crippen molar-refractivity contribution in [2.75, 3.05) is 6.61 Å². The van der Waals surface area contributed by atoms with Crippen molar-refractivity contribution < 1.29 is 20.1 Å². The summed E-state index contributed by atoms with van der Waals surface area (Å²) < 4.78 is 8.16. The number of nitrogens with zero attached hydrogens (tertiary/aromatic N) is 5. The average molecular weight is 368 g/mol. The maximum Gasteiger partial charge on any atom is 0.259 e. The number of alkyl halides is 1. The van der Waals surface area contributed by atoms with Crippen LogP contribution in [0.3, 0.4) is 0 Å². The second kappa shape index (κ2) is 6.00. The highest BCUT2D eigenvalue weighted by Crippen LogP contribution is 2.31. The normalized spacial score (nSPS) is 26.7. The van der Waals surface area contributed by atoms with Crippen molar-refractivity contribution in [3.05, 3.63) is 34.8 Å². The molecule has 4 rings (SSSR count). The molecule has 0 bridgehead atoms. The summed E-state index contributed by atoms with van der Waals surface area (Å²) in [5.74, 6) is 0.0745. The molecular formula is C14H14ClN5O5. The van der Waals surface area contributed by atoms with Crippen molar-refractivity contribution in [3.8, 4) is 0 Å². The Balaban J connectivity index is 1.89. The summed E-state index contributed by atoms with van der Waals surface area (Å²) in [6, 6.07) is 1.32. The van der Waals surface area contributed by atoms with Gasteiger partial charge in [-0.15, -0.1) is 11.6 Å². The van der Waals surface area contributed by atoms with Crippen molar-refractivity contribution >= 4 is 28.4 Å². The van der Waals surface area contributed by atoms with Gasteiger partial charge in [0.15, 0.2) is 23.0 Å². The third kappa shape index (κ3) is 2.41. The highest BCUT2D eigenvalue weighted by molar-refractivity contribution is 6.16. The van der Waals surface area contributed by atoms with Gasteiger partial charge in [-0.1, -0.05) is 0 Å². The molecule has 1 aliphatic rings. The summed E-state index contributed by atoms with van der Waals surface area (Å²) in [5.41, 5.74) is 0.982. The van der Waals surface area contributed by atoms with Gasteiger partial charge < -0.3 is 20.1 Å². The molecule has 0 aromatic carbocycles. The van der Waals surface area contributed by atoms with Crippen LogP contribution >= 0.6 is 11.6 Å². The minimum absolute atomic E-state index is 0.0745. The Morgan fingerprint density at radius 3 is 2.68 bits per heavy atom. The zero-order valence-corrected chi connectivity index (χ0v) is 13.5. The number of hydrogen-bond donors (Lipinski definition) is 3. The number of aliphatic hydroxyl groups excluding tert-OH is 3. The number of aliphatic hydroxyl groups is 3. The van der Waals surface area contributed by atoms with Crippen molar-refractivity contribution in [2.24, 2.45) is 0 Å². The van der Waals surface area contributed by atoms with Gasteiger partial charge >= 0.3 is 0 Å². The molecule has 4 atom stereocenters. The van der Waals surface area contributed by atoms with Gasteiger partial charge in [0.05, 0.1) is 24.5 Å². The number of rotatable bonds is 3. The van der Waals surface area contributed by atoms with Crippen LogP contribution in [0.2, 0.25) is 0 Å². The number of hydrogen-bond acceptors (Lipinski definition) is 8. The second-order valence-corrected chi connectivity index (χ2v) is 5.98. The van der Waals surface area contributed by atoms with Gasteiger partial charge in [0, 0.05) is 6.07 Å². The molecule has 1 fully saturated rings. The monoisotopic (exact) mass is 367 g/mol. The molecule has 132 valence electrons. The number of fused-ring (bicyclic) bond motifs is 3. The fraction of sp³-hybridized carbons (Fsp3) is 0.429. The molecular weight excluding hydrogens is 354 g/mol. The molecule has 0 spiro atoms. The van der Waals surface area contributed by atoms with Crippen molar-refractivity contribution in [1.82, 2.24) is 23.9 Å². The summed E-state index contributed by atoms with van der Waals surface area (Å²) in [6.45, 7) is -0.437. The number of imidazole rings is 1. The van der Waals surface area contributed by atoms with Crippen LogP contribution in [0, 0.1) is 0 Å². The van der Waals surface area contributed by atoms with Gasteiger partial charge in [0.25, 0.3) is 5.56 Å². The van der Waals surface area contributed by atoms with E-state index in [1.807, 2.05) is 0 Å². The fourth-order valence-electron chi connectivity index (χ4n) is 2.93. The number of halogens is 1. The van der Waals surface area contributed by atoms with E-state index < -0.39 is 31.1 Å². The Hall–Kier alpha value is -2.11. The average Bonchev–Trinajstić information content (AvgIpc) is 3.16. The number of aromatic nitrogens is 5. The molecule has 11 heteroatoms. The lowest BCUT2D eigenvalue weighted by Gasteiger charge is -2.16. The summed E-state index contributed by atoms with van der Waals surface area (Å²) in [7, 11) is 0. The standard InChI is InChI=1S/C14H14ClN5O5/c15-2-6-1-8(22)19-5-17-12-9(13(19)18-6)16-4-20(12)14-11(24)10(23)7(3-21)25-14/h1,4-5,7,10-11,14,21,23-24H,2-3H2/t7-,10-,11-,14-/m1/s1. The zero-order chi connectivity index (χ0) is 17.7. The summed E-state index contributed by atoms with van der Waals surface area (Å²) in [4.78, 5) is 24.8. The molecule has 3 aromatic heterocycles. The maximum absolute atomic E-state index is 12.1. The third-order valence-corrected chi connectivity index (χ3v) is 4.48. The number of ether oxygens (including phenoxy) is 1. The van der Waals surface area contributed by atoms with Crippen molar-refractivity contribution in [1.29, 1.82) is 0 Å². The largest absolute Gasteiger partial charge is 0.394 e. The predicted molar refractivity (Wildman–Crippen MR) is 85.1 cm³/mol. The van der Waals surface area contributed by atoms with Crippen LogP contribution in [0.5, 0.6) is 0 Å². The molecule has 0 aliphatic carbocycles. The summed E-state index contributed by atoms with van der Waals surface area (Å²) >= 11 is 5.77. The molecule has 1 saturated heterocycles. The first-order valence-corrected chi connectivity index (χ1v) is 8.01. The zero-order valence-electron chi connectivity index (χ0n) is 12.7. The van der Waals surface area contributed by atoms with Gasteiger partial charge in [-0.2, -0.15) is 0 Å². The van der Waals surface area contributed by atoms with Crippen LogP contribution in [-0.2, 0) is 10.6 Å². The molecule has 1 aliphatic heterocycles. The Kier molecular flexibility index (Phi) is 3.93. The SMILES string of the molecule is O=c1cc(CCl)nc2c3ncn([C@@H]4O[C@H](CO)[C@@H](O)[C@H]4O)c3ncn12. The third-order valence-electron chi connectivity index (χ3n) is 4.21. The molecule has 0 amide bonds. The van der Waals surface area contributed by atoms with Crippen molar-refractivity contribution in [3.63, 3.8) is 0 Å². The highest BCUT2D eigenvalue weighted by atomic mass is 35.5. The van der Waals surface area contributed by atoms with E-state index in [9.17, 15) is 20.1 Å². The van der Waals surface area contributed by atoms with Gasteiger partial charge in [0.2, 0.25) is 0 Å². The first-order chi connectivity index (χ1) is 12.0. The van der Waals surface area contributed by atoms with E-state index in [1.165, 1.54) is 27.7 Å². The molecule has 3 N–H and O–H groups in total. The van der Waals surface area contributed by atoms with Crippen LogP contribution < -0.4 is 5.56 Å². The van der Waals surface area contributed by atoms with E-state index in [4.69, 9.17) is 16.3 Å². The molecule has 25 heavy (non-hydrogen) atoms. The molecule has 0 saturated carbocycles. The first-order valence-electron chi connectivity index (χ1n) is 7.47. The molecule has 10 nitrogen and oxygen atoms in total. The lowest BCUT2D eigenvalue weighted by Crippen LogP contribution is -2.33. The van der Waals surface area contributed by atoms with Crippen molar-refractivity contribution in [2.45, 2.75) is 30.4 Å². The van der Waals surface area contributed by atoms with Crippen LogP contribution in [0.4, 0.5) is 0 Å². The minimum atomic E-state index is -1.27. The first kappa shape index (κ1) is 16.4. The van der Waals surface area contributed by atoms with E-state index in [-0.39, 0.29) is 17.1 Å². The topological polar surface area (TPSA) is 135 Å². The Bertz CT molecular complexity index is 1000. The Morgan fingerprint density at radius 1 is 1.20 bits per heavy atom. The van der Waals surface area contributed by atoms with Gasteiger partial charge in [-0.25, -0.2) is 19.4 Å². The molecule has 3 aromatic rings. The van der Waals surface area contributed by atoms with E-state index in [0.717, 1.165) is 0 Å². The predicted octanol–water partition coefficient (Wildman–Crippen LogP) is -1.21. The quantitative estimate of drug-likeness (QED) is 0.491. The van der Waals surface area contributed by atoms with E-state index in [2.05, 4.69) is 15.0 Å². The molecule has 0 unspecified atom stereocenters. The summed E-state index contributed by atoms with van der Waals surface area (Å²) in [6.07, 6.45) is -1.73. The second-order valence-electron chi connectivity index (χ2n) is 5.71. The van der Waals surface area contributed by atoms with Crippen LogP contribution in [-0.4, -0.2) is 64.2 Å². The summed E-state index contributed by atoms with van der Waals surface area (Å²) in [5, 5.41) is 29.3. The maximum atomic E-state index is 12.1. The Labute approximate surface area is 144 Å². The molecule has 0 radical (unpaired) electrons. The van der Waals surface area contributed by atoms with E-state index in [1.54, 1.807) is 0 Å². The van der Waals surface area contributed by atoms with Gasteiger partial charge in [-0.05, 0) is 0 Å². The highest BCUT2D eigenvalue weighted by Gasteiger charge is 2.44. The smallest absolute Gasteiger partial charge is 0.259 e. The van der Waals surface area contributed by atoms with E-state index in [0.29, 0.717) is 16.9 Å². The lowest BCUT2D eigenvalue weighted by molar-refractivity contribution is -0.0511.